The first-order chi connectivity index (χ1) is 13.0. The molecule has 0 radical (unpaired) electrons. The van der Waals surface area contributed by atoms with Crippen molar-refractivity contribution in [2.45, 2.75) is 151 Å². The standard InChI is InChI=1S/C27H56/c1-7-17-25(5)21-16-23-27(9-3)22-14-12-10-11-13-18-26(6)20-15-19-24(4)8-2/h24-27H,7-23H2,1-6H3. The summed E-state index contributed by atoms with van der Waals surface area (Å²) in [6.45, 7) is 14.4. The van der Waals surface area contributed by atoms with Crippen molar-refractivity contribution in [1.29, 1.82) is 0 Å². The van der Waals surface area contributed by atoms with Crippen LogP contribution >= 0.6 is 0 Å². The first-order valence-electron chi connectivity index (χ1n) is 13.0. The van der Waals surface area contributed by atoms with Crippen LogP contribution in [0.15, 0.2) is 0 Å². The van der Waals surface area contributed by atoms with E-state index in [9.17, 15) is 0 Å². The van der Waals surface area contributed by atoms with E-state index in [1.807, 2.05) is 0 Å². The fourth-order valence-corrected chi connectivity index (χ4v) is 4.56. The minimum Gasteiger partial charge on any atom is -0.0654 e. The van der Waals surface area contributed by atoms with Crippen LogP contribution in [0.5, 0.6) is 0 Å². The third-order valence-corrected chi connectivity index (χ3v) is 7.07. The van der Waals surface area contributed by atoms with Crippen LogP contribution in [0.3, 0.4) is 0 Å². The molecule has 0 saturated heterocycles. The smallest absolute Gasteiger partial charge is 0.0417 e. The molecule has 0 spiro atoms. The van der Waals surface area contributed by atoms with Gasteiger partial charge >= 0.3 is 0 Å². The number of unbranched alkanes of at least 4 members (excludes halogenated alkanes) is 4. The van der Waals surface area contributed by atoms with Crippen molar-refractivity contribution >= 4 is 0 Å². The number of rotatable bonds is 20. The van der Waals surface area contributed by atoms with Gasteiger partial charge in [0.1, 0.15) is 0 Å². The quantitative estimate of drug-likeness (QED) is 0.184. The highest BCUT2D eigenvalue weighted by Gasteiger charge is 2.08. The van der Waals surface area contributed by atoms with Crippen molar-refractivity contribution in [2.75, 3.05) is 0 Å². The Morgan fingerprint density at radius 2 is 0.852 bits per heavy atom. The molecule has 0 aromatic carbocycles. The van der Waals surface area contributed by atoms with Crippen LogP contribution in [0.1, 0.15) is 151 Å². The normalized spacial score (nSPS) is 16.2. The van der Waals surface area contributed by atoms with Crippen molar-refractivity contribution in [3.05, 3.63) is 0 Å². The molecule has 4 unspecified atom stereocenters. The van der Waals surface area contributed by atoms with E-state index < -0.39 is 0 Å². The Hall–Kier alpha value is 0. The third kappa shape index (κ3) is 17.8. The first kappa shape index (κ1) is 27.0. The summed E-state index contributed by atoms with van der Waals surface area (Å²) < 4.78 is 0. The van der Waals surface area contributed by atoms with Crippen LogP contribution in [0.4, 0.5) is 0 Å². The van der Waals surface area contributed by atoms with Gasteiger partial charge in [-0.05, 0) is 23.7 Å². The van der Waals surface area contributed by atoms with Crippen LogP contribution in [0.25, 0.3) is 0 Å². The molecule has 0 aliphatic heterocycles. The van der Waals surface area contributed by atoms with Gasteiger partial charge in [0.2, 0.25) is 0 Å². The zero-order chi connectivity index (χ0) is 20.3. The Morgan fingerprint density at radius 3 is 1.44 bits per heavy atom. The van der Waals surface area contributed by atoms with E-state index in [2.05, 4.69) is 41.5 Å². The molecular weight excluding hydrogens is 324 g/mol. The summed E-state index contributed by atoms with van der Waals surface area (Å²) in [5.41, 5.74) is 0. The zero-order valence-electron chi connectivity index (χ0n) is 20.3. The molecule has 0 aliphatic carbocycles. The number of hydrogen-bond donors (Lipinski definition) is 0. The van der Waals surface area contributed by atoms with E-state index >= 15 is 0 Å². The van der Waals surface area contributed by atoms with E-state index in [0.717, 1.165) is 23.7 Å². The summed E-state index contributed by atoms with van der Waals surface area (Å²) in [7, 11) is 0. The third-order valence-electron chi connectivity index (χ3n) is 7.07. The minimum absolute atomic E-state index is 0.934. The molecule has 0 bridgehead atoms. The Balaban J connectivity index is 3.49. The number of hydrogen-bond acceptors (Lipinski definition) is 0. The predicted molar refractivity (Wildman–Crippen MR) is 126 cm³/mol. The lowest BCUT2D eigenvalue weighted by atomic mass is 9.90. The molecule has 0 aromatic rings. The Morgan fingerprint density at radius 1 is 0.407 bits per heavy atom. The van der Waals surface area contributed by atoms with Crippen molar-refractivity contribution in [3.8, 4) is 0 Å². The van der Waals surface area contributed by atoms with Gasteiger partial charge in [0.05, 0.1) is 0 Å². The average molecular weight is 381 g/mol. The summed E-state index contributed by atoms with van der Waals surface area (Å²) in [4.78, 5) is 0. The molecule has 0 nitrogen and oxygen atoms in total. The predicted octanol–water partition coefficient (Wildman–Crippen LogP) is 10.2. The monoisotopic (exact) mass is 380 g/mol. The summed E-state index contributed by atoms with van der Waals surface area (Å²) >= 11 is 0. The van der Waals surface area contributed by atoms with Gasteiger partial charge in [0, 0.05) is 0 Å². The first-order valence-corrected chi connectivity index (χ1v) is 13.0. The molecule has 0 amide bonds. The van der Waals surface area contributed by atoms with Gasteiger partial charge in [-0.1, -0.05) is 151 Å². The average Bonchev–Trinajstić information content (AvgIpc) is 2.65. The summed E-state index contributed by atoms with van der Waals surface area (Å²) in [5.74, 6) is 3.84. The topological polar surface area (TPSA) is 0 Å². The molecule has 0 heterocycles. The molecule has 0 aliphatic rings. The van der Waals surface area contributed by atoms with E-state index in [1.165, 1.54) is 109 Å². The van der Waals surface area contributed by atoms with Gasteiger partial charge in [0.25, 0.3) is 0 Å². The molecule has 4 atom stereocenters. The second-order valence-electron chi connectivity index (χ2n) is 9.99. The Kier molecular flexibility index (Phi) is 19.3. The van der Waals surface area contributed by atoms with Crippen molar-refractivity contribution in [2.24, 2.45) is 23.7 Å². The summed E-state index contributed by atoms with van der Waals surface area (Å²) in [6, 6.07) is 0. The molecule has 0 N–H and O–H groups in total. The molecular formula is C27H56. The molecule has 0 heteroatoms. The largest absolute Gasteiger partial charge is 0.0654 e. The fourth-order valence-electron chi connectivity index (χ4n) is 4.56. The second kappa shape index (κ2) is 19.3. The molecule has 0 saturated carbocycles. The van der Waals surface area contributed by atoms with Crippen LogP contribution in [0, 0.1) is 23.7 Å². The van der Waals surface area contributed by atoms with Gasteiger partial charge in [-0.15, -0.1) is 0 Å². The van der Waals surface area contributed by atoms with Crippen LogP contribution in [-0.2, 0) is 0 Å². The lowest BCUT2D eigenvalue weighted by molar-refractivity contribution is 0.369. The maximum atomic E-state index is 2.48. The van der Waals surface area contributed by atoms with Gasteiger partial charge in [0.15, 0.2) is 0 Å². The maximum Gasteiger partial charge on any atom is -0.0417 e. The van der Waals surface area contributed by atoms with Crippen molar-refractivity contribution in [1.82, 2.24) is 0 Å². The Bertz CT molecular complexity index is 282. The molecule has 0 rings (SSSR count). The minimum atomic E-state index is 0.934. The SMILES string of the molecule is CCCC(C)CCCC(CC)CCCCCCCC(C)CCCC(C)CC. The summed E-state index contributed by atoms with van der Waals surface area (Å²) in [5, 5.41) is 0. The van der Waals surface area contributed by atoms with E-state index in [0.29, 0.717) is 0 Å². The maximum absolute atomic E-state index is 2.48. The van der Waals surface area contributed by atoms with Gasteiger partial charge in [-0.3, -0.25) is 0 Å². The lowest BCUT2D eigenvalue weighted by Gasteiger charge is -2.16. The van der Waals surface area contributed by atoms with Gasteiger partial charge < -0.3 is 0 Å². The highest BCUT2D eigenvalue weighted by molar-refractivity contribution is 4.61. The van der Waals surface area contributed by atoms with E-state index in [-0.39, 0.29) is 0 Å². The van der Waals surface area contributed by atoms with Crippen LogP contribution in [0.2, 0.25) is 0 Å². The van der Waals surface area contributed by atoms with Crippen molar-refractivity contribution < 1.29 is 0 Å². The summed E-state index contributed by atoms with van der Waals surface area (Å²) in [6.07, 6.45) is 24.6. The van der Waals surface area contributed by atoms with E-state index in [4.69, 9.17) is 0 Å². The highest BCUT2D eigenvalue weighted by atomic mass is 14.1. The molecule has 0 fully saturated rings. The van der Waals surface area contributed by atoms with Gasteiger partial charge in [-0.25, -0.2) is 0 Å². The highest BCUT2D eigenvalue weighted by Crippen LogP contribution is 2.24. The van der Waals surface area contributed by atoms with Crippen LogP contribution in [-0.4, -0.2) is 0 Å². The second-order valence-corrected chi connectivity index (χ2v) is 9.99. The molecule has 164 valence electrons. The Labute approximate surface area is 174 Å². The van der Waals surface area contributed by atoms with Crippen molar-refractivity contribution in [3.63, 3.8) is 0 Å². The lowest BCUT2D eigenvalue weighted by Crippen LogP contribution is -2.01. The molecule has 27 heavy (non-hydrogen) atoms. The zero-order valence-corrected chi connectivity index (χ0v) is 20.3. The van der Waals surface area contributed by atoms with Gasteiger partial charge in [-0.2, -0.15) is 0 Å². The van der Waals surface area contributed by atoms with E-state index in [1.54, 1.807) is 0 Å². The fraction of sp³-hybridized carbons (Fsp3) is 1.00. The van der Waals surface area contributed by atoms with Crippen LogP contribution < -0.4 is 0 Å². The molecule has 0 aromatic heterocycles.